The maximum Gasteiger partial charge on any atom is 0.125 e. The molecule has 0 radical (unpaired) electrons. The lowest BCUT2D eigenvalue weighted by Gasteiger charge is -2.35. The summed E-state index contributed by atoms with van der Waals surface area (Å²) in [6.45, 7) is 4.24. The van der Waals surface area contributed by atoms with Crippen LogP contribution < -0.4 is 15.0 Å². The second kappa shape index (κ2) is 6.95. The molecule has 1 N–H and O–H groups in total. The maximum absolute atomic E-state index is 5.55. The third kappa shape index (κ3) is 3.07. The number of methoxy groups -OCH3 is 2. The van der Waals surface area contributed by atoms with Crippen molar-refractivity contribution in [2.75, 3.05) is 39.3 Å². The molecule has 1 aromatic rings. The van der Waals surface area contributed by atoms with Crippen molar-refractivity contribution >= 4 is 5.69 Å². The van der Waals surface area contributed by atoms with Gasteiger partial charge < -0.3 is 19.7 Å². The number of ether oxygens (including phenoxy) is 2. The molecule has 1 aliphatic heterocycles. The molecule has 112 valence electrons. The van der Waals surface area contributed by atoms with Crippen molar-refractivity contribution in [3.63, 3.8) is 0 Å². The van der Waals surface area contributed by atoms with E-state index in [1.165, 1.54) is 11.3 Å². The largest absolute Gasteiger partial charge is 0.496 e. The SMILES string of the molecule is CNC(C)c1c(OC)cccc1N1CCC(OC)CC1. The molecule has 0 aliphatic carbocycles. The Morgan fingerprint density at radius 2 is 1.95 bits per heavy atom. The van der Waals surface area contributed by atoms with Crippen molar-refractivity contribution in [3.8, 4) is 5.75 Å². The van der Waals surface area contributed by atoms with E-state index in [1.807, 2.05) is 13.1 Å². The van der Waals surface area contributed by atoms with Crippen LogP contribution in [0.4, 0.5) is 5.69 Å². The second-order valence-electron chi connectivity index (χ2n) is 5.33. The highest BCUT2D eigenvalue weighted by molar-refractivity contribution is 5.61. The number of benzene rings is 1. The van der Waals surface area contributed by atoms with Gasteiger partial charge in [-0.05, 0) is 38.9 Å². The second-order valence-corrected chi connectivity index (χ2v) is 5.33. The Morgan fingerprint density at radius 3 is 2.50 bits per heavy atom. The van der Waals surface area contributed by atoms with E-state index >= 15 is 0 Å². The van der Waals surface area contributed by atoms with Crippen LogP contribution in [0.5, 0.6) is 5.75 Å². The monoisotopic (exact) mass is 278 g/mol. The third-order valence-corrected chi connectivity index (χ3v) is 4.25. The summed E-state index contributed by atoms with van der Waals surface area (Å²) in [5.41, 5.74) is 2.52. The number of piperidine rings is 1. The van der Waals surface area contributed by atoms with Crippen LogP contribution in [0.15, 0.2) is 18.2 Å². The molecule has 0 amide bonds. The number of anilines is 1. The summed E-state index contributed by atoms with van der Waals surface area (Å²) in [6, 6.07) is 6.57. The van der Waals surface area contributed by atoms with Gasteiger partial charge in [-0.25, -0.2) is 0 Å². The lowest BCUT2D eigenvalue weighted by Crippen LogP contribution is -2.37. The molecule has 1 fully saturated rings. The molecule has 4 nitrogen and oxygen atoms in total. The van der Waals surface area contributed by atoms with E-state index in [1.54, 1.807) is 14.2 Å². The first-order valence-electron chi connectivity index (χ1n) is 7.33. The van der Waals surface area contributed by atoms with Crippen molar-refractivity contribution in [3.05, 3.63) is 23.8 Å². The summed E-state index contributed by atoms with van der Waals surface area (Å²) in [4.78, 5) is 2.45. The highest BCUT2D eigenvalue weighted by atomic mass is 16.5. The number of hydrogen-bond acceptors (Lipinski definition) is 4. The van der Waals surface area contributed by atoms with Crippen LogP contribution in [0.3, 0.4) is 0 Å². The molecular weight excluding hydrogens is 252 g/mol. The van der Waals surface area contributed by atoms with Gasteiger partial charge in [0.1, 0.15) is 5.75 Å². The molecule has 0 saturated carbocycles. The molecular formula is C16H26N2O2. The number of nitrogens with one attached hydrogen (secondary N) is 1. The first kappa shape index (κ1) is 15.1. The molecule has 1 heterocycles. The van der Waals surface area contributed by atoms with E-state index < -0.39 is 0 Å². The fourth-order valence-electron chi connectivity index (χ4n) is 2.90. The predicted molar refractivity (Wildman–Crippen MR) is 82.7 cm³/mol. The smallest absolute Gasteiger partial charge is 0.125 e. The Labute approximate surface area is 122 Å². The van der Waals surface area contributed by atoms with Crippen LogP contribution in [-0.2, 0) is 4.74 Å². The molecule has 1 atom stereocenters. The van der Waals surface area contributed by atoms with Gasteiger partial charge >= 0.3 is 0 Å². The van der Waals surface area contributed by atoms with Crippen molar-refractivity contribution < 1.29 is 9.47 Å². The van der Waals surface area contributed by atoms with E-state index in [9.17, 15) is 0 Å². The topological polar surface area (TPSA) is 33.7 Å². The first-order chi connectivity index (χ1) is 9.71. The van der Waals surface area contributed by atoms with Crippen LogP contribution in [0, 0.1) is 0 Å². The average Bonchev–Trinajstić information content (AvgIpc) is 2.53. The van der Waals surface area contributed by atoms with Gasteiger partial charge in [0.05, 0.1) is 13.2 Å². The van der Waals surface area contributed by atoms with Gasteiger partial charge in [-0.15, -0.1) is 0 Å². The van der Waals surface area contributed by atoms with E-state index in [4.69, 9.17) is 9.47 Å². The fraction of sp³-hybridized carbons (Fsp3) is 0.625. The minimum Gasteiger partial charge on any atom is -0.496 e. The molecule has 2 rings (SSSR count). The maximum atomic E-state index is 5.55. The normalized spacial score (nSPS) is 18.1. The summed E-state index contributed by atoms with van der Waals surface area (Å²) in [7, 11) is 5.53. The first-order valence-corrected chi connectivity index (χ1v) is 7.33. The fourth-order valence-corrected chi connectivity index (χ4v) is 2.90. The van der Waals surface area contributed by atoms with Crippen molar-refractivity contribution in [1.29, 1.82) is 0 Å². The number of nitrogens with zero attached hydrogens (tertiary/aromatic N) is 1. The van der Waals surface area contributed by atoms with Crippen LogP contribution in [-0.4, -0.2) is 40.5 Å². The van der Waals surface area contributed by atoms with Gasteiger partial charge in [0, 0.05) is 37.5 Å². The van der Waals surface area contributed by atoms with Gasteiger partial charge in [-0.3, -0.25) is 0 Å². The average molecular weight is 278 g/mol. The van der Waals surface area contributed by atoms with Gasteiger partial charge in [-0.2, -0.15) is 0 Å². The van der Waals surface area contributed by atoms with Crippen LogP contribution in [0.25, 0.3) is 0 Å². The highest BCUT2D eigenvalue weighted by Crippen LogP contribution is 2.35. The number of rotatable bonds is 5. The van der Waals surface area contributed by atoms with Gasteiger partial charge in [0.25, 0.3) is 0 Å². The predicted octanol–water partition coefficient (Wildman–Crippen LogP) is 2.59. The Kier molecular flexibility index (Phi) is 5.26. The minimum atomic E-state index is 0.265. The lowest BCUT2D eigenvalue weighted by molar-refractivity contribution is 0.0819. The third-order valence-electron chi connectivity index (χ3n) is 4.25. The Morgan fingerprint density at radius 1 is 1.25 bits per heavy atom. The molecule has 20 heavy (non-hydrogen) atoms. The van der Waals surface area contributed by atoms with Gasteiger partial charge in [0.2, 0.25) is 0 Å². The highest BCUT2D eigenvalue weighted by Gasteiger charge is 2.23. The zero-order valence-corrected chi connectivity index (χ0v) is 13.0. The van der Waals surface area contributed by atoms with E-state index in [2.05, 4.69) is 29.3 Å². The molecule has 0 spiro atoms. The molecule has 0 aromatic heterocycles. The van der Waals surface area contributed by atoms with Crippen molar-refractivity contribution in [2.24, 2.45) is 0 Å². The standard InChI is InChI=1S/C16H26N2O2/c1-12(17-2)16-14(6-5-7-15(16)20-4)18-10-8-13(19-3)9-11-18/h5-7,12-13,17H,8-11H2,1-4H3. The molecule has 1 saturated heterocycles. The summed E-state index contributed by atoms with van der Waals surface area (Å²) in [6.07, 6.45) is 2.57. The van der Waals surface area contributed by atoms with Crippen LogP contribution >= 0.6 is 0 Å². The Bertz CT molecular complexity index is 428. The molecule has 0 bridgehead atoms. The van der Waals surface area contributed by atoms with E-state index in [-0.39, 0.29) is 6.04 Å². The summed E-state index contributed by atoms with van der Waals surface area (Å²) < 4.78 is 11.0. The molecule has 1 unspecified atom stereocenters. The van der Waals surface area contributed by atoms with E-state index in [0.717, 1.165) is 31.7 Å². The van der Waals surface area contributed by atoms with Crippen molar-refractivity contribution in [1.82, 2.24) is 5.32 Å². The van der Waals surface area contributed by atoms with E-state index in [0.29, 0.717) is 6.10 Å². The Hall–Kier alpha value is -1.26. The summed E-state index contributed by atoms with van der Waals surface area (Å²) >= 11 is 0. The molecule has 1 aliphatic rings. The van der Waals surface area contributed by atoms with Crippen LogP contribution in [0.1, 0.15) is 31.4 Å². The van der Waals surface area contributed by atoms with Crippen molar-refractivity contribution in [2.45, 2.75) is 31.9 Å². The lowest BCUT2D eigenvalue weighted by atomic mass is 10.0. The zero-order valence-electron chi connectivity index (χ0n) is 13.0. The number of hydrogen-bond donors (Lipinski definition) is 1. The Balaban J connectivity index is 2.27. The zero-order chi connectivity index (χ0) is 14.5. The van der Waals surface area contributed by atoms with Gasteiger partial charge in [0.15, 0.2) is 0 Å². The summed E-state index contributed by atoms with van der Waals surface area (Å²) in [5.74, 6) is 0.957. The van der Waals surface area contributed by atoms with Crippen LogP contribution in [0.2, 0.25) is 0 Å². The minimum absolute atomic E-state index is 0.265. The molecule has 1 aromatic carbocycles. The molecule has 4 heteroatoms. The summed E-state index contributed by atoms with van der Waals surface area (Å²) in [5, 5.41) is 3.32. The quantitative estimate of drug-likeness (QED) is 0.897. The van der Waals surface area contributed by atoms with Gasteiger partial charge in [-0.1, -0.05) is 6.07 Å².